The van der Waals surface area contributed by atoms with Crippen LogP contribution in [0.15, 0.2) is 30.3 Å². The van der Waals surface area contributed by atoms with Crippen LogP contribution in [-0.4, -0.2) is 38.1 Å². The number of piperidine rings is 1. The van der Waals surface area contributed by atoms with Crippen molar-refractivity contribution in [1.29, 1.82) is 0 Å². The van der Waals surface area contributed by atoms with Gasteiger partial charge in [0.1, 0.15) is 11.5 Å². The maximum atomic E-state index is 12.4. The number of likely N-dealkylation sites (tertiary alicyclic amines) is 1. The molecule has 1 saturated heterocycles. The standard InChI is InChI=1S/C23H32N2O3S/c1-17-6-10-21(29-17)16-25-12-4-5-18(15-25)7-11-23(26)24-14-19-8-9-20(27-2)13-22(19)28-3/h6,8-10,13,18H,4-5,7,11-12,14-16H2,1-3H3,(H,24,26)/t18-/m0/s1. The molecule has 1 aromatic carbocycles. The van der Waals surface area contributed by atoms with E-state index in [0.29, 0.717) is 18.9 Å². The van der Waals surface area contributed by atoms with Crippen molar-refractivity contribution < 1.29 is 14.3 Å². The SMILES string of the molecule is COc1ccc(CNC(=O)CC[C@@H]2CCCN(Cc3ccc(C)s3)C2)c(OC)c1. The van der Waals surface area contributed by atoms with Gasteiger partial charge in [0.15, 0.2) is 0 Å². The zero-order valence-electron chi connectivity index (χ0n) is 17.7. The van der Waals surface area contributed by atoms with Crippen molar-refractivity contribution in [1.82, 2.24) is 10.2 Å². The molecule has 0 radical (unpaired) electrons. The van der Waals surface area contributed by atoms with Crippen molar-refractivity contribution in [2.24, 2.45) is 5.92 Å². The van der Waals surface area contributed by atoms with Gasteiger partial charge in [-0.2, -0.15) is 0 Å². The highest BCUT2D eigenvalue weighted by molar-refractivity contribution is 7.11. The van der Waals surface area contributed by atoms with Crippen LogP contribution in [0.25, 0.3) is 0 Å². The Morgan fingerprint density at radius 1 is 1.24 bits per heavy atom. The molecule has 158 valence electrons. The van der Waals surface area contributed by atoms with Gasteiger partial charge in [-0.05, 0) is 62.9 Å². The van der Waals surface area contributed by atoms with Crippen molar-refractivity contribution in [3.63, 3.8) is 0 Å². The van der Waals surface area contributed by atoms with Crippen LogP contribution in [0.2, 0.25) is 0 Å². The molecule has 0 spiro atoms. The molecular formula is C23H32N2O3S. The van der Waals surface area contributed by atoms with E-state index in [1.807, 2.05) is 29.5 Å². The summed E-state index contributed by atoms with van der Waals surface area (Å²) in [6.07, 6.45) is 3.97. The number of benzene rings is 1. The van der Waals surface area contributed by atoms with Gasteiger partial charge in [0.25, 0.3) is 0 Å². The first-order valence-corrected chi connectivity index (χ1v) is 11.1. The lowest BCUT2D eigenvalue weighted by atomic mass is 9.93. The summed E-state index contributed by atoms with van der Waals surface area (Å²) in [5.74, 6) is 2.19. The number of nitrogens with one attached hydrogen (secondary N) is 1. The van der Waals surface area contributed by atoms with Crippen molar-refractivity contribution in [2.45, 2.75) is 45.7 Å². The maximum Gasteiger partial charge on any atom is 0.220 e. The second-order valence-corrected chi connectivity index (χ2v) is 9.12. The lowest BCUT2D eigenvalue weighted by Crippen LogP contribution is -2.35. The van der Waals surface area contributed by atoms with Gasteiger partial charge in [-0.1, -0.05) is 0 Å². The smallest absolute Gasteiger partial charge is 0.220 e. The molecule has 0 unspecified atom stereocenters. The number of thiophene rings is 1. The van der Waals surface area contributed by atoms with Gasteiger partial charge in [0.2, 0.25) is 5.91 Å². The van der Waals surface area contributed by atoms with Crippen LogP contribution >= 0.6 is 11.3 Å². The minimum absolute atomic E-state index is 0.105. The first-order chi connectivity index (χ1) is 14.1. The second-order valence-electron chi connectivity index (χ2n) is 7.75. The number of ether oxygens (including phenoxy) is 2. The van der Waals surface area contributed by atoms with Gasteiger partial charge in [-0.3, -0.25) is 9.69 Å². The predicted molar refractivity (Wildman–Crippen MR) is 118 cm³/mol. The highest BCUT2D eigenvalue weighted by Crippen LogP contribution is 2.26. The highest BCUT2D eigenvalue weighted by atomic mass is 32.1. The van der Waals surface area contributed by atoms with Crippen LogP contribution < -0.4 is 14.8 Å². The van der Waals surface area contributed by atoms with Gasteiger partial charge >= 0.3 is 0 Å². The van der Waals surface area contributed by atoms with E-state index in [1.54, 1.807) is 14.2 Å². The van der Waals surface area contributed by atoms with Crippen molar-refractivity contribution in [3.8, 4) is 11.5 Å². The topological polar surface area (TPSA) is 50.8 Å². The number of amides is 1. The molecule has 1 aliphatic rings. The molecule has 0 aliphatic carbocycles. The van der Waals surface area contributed by atoms with Gasteiger partial charge in [0, 0.05) is 47.4 Å². The van der Waals surface area contributed by atoms with E-state index in [2.05, 4.69) is 29.3 Å². The number of hydrogen-bond acceptors (Lipinski definition) is 5. The largest absolute Gasteiger partial charge is 0.497 e. The summed E-state index contributed by atoms with van der Waals surface area (Å²) >= 11 is 1.89. The fourth-order valence-electron chi connectivity index (χ4n) is 3.94. The zero-order valence-corrected chi connectivity index (χ0v) is 18.5. The van der Waals surface area contributed by atoms with E-state index in [0.717, 1.165) is 43.1 Å². The summed E-state index contributed by atoms with van der Waals surface area (Å²) in [5, 5.41) is 3.03. The number of methoxy groups -OCH3 is 2. The number of rotatable bonds is 9. The van der Waals surface area contributed by atoms with Crippen LogP contribution in [-0.2, 0) is 17.9 Å². The number of nitrogens with zero attached hydrogens (tertiary/aromatic N) is 1. The van der Waals surface area contributed by atoms with Crippen molar-refractivity contribution in [3.05, 3.63) is 45.6 Å². The predicted octanol–water partition coefficient (Wildman–Crippen LogP) is 4.38. The molecule has 1 atom stereocenters. The third kappa shape index (κ3) is 6.47. The second kappa shape index (κ2) is 10.6. The van der Waals surface area contributed by atoms with Gasteiger partial charge < -0.3 is 14.8 Å². The normalized spacial score (nSPS) is 17.1. The van der Waals surface area contributed by atoms with Crippen molar-refractivity contribution >= 4 is 17.2 Å². The molecule has 1 amide bonds. The van der Waals surface area contributed by atoms with Crippen LogP contribution in [0.5, 0.6) is 11.5 Å². The monoisotopic (exact) mass is 416 g/mol. The minimum Gasteiger partial charge on any atom is -0.497 e. The molecule has 29 heavy (non-hydrogen) atoms. The first kappa shape index (κ1) is 21.7. The molecule has 6 heteroatoms. The summed E-state index contributed by atoms with van der Waals surface area (Å²) in [6.45, 7) is 5.93. The Morgan fingerprint density at radius 2 is 2.10 bits per heavy atom. The highest BCUT2D eigenvalue weighted by Gasteiger charge is 2.21. The van der Waals surface area contributed by atoms with E-state index in [4.69, 9.17) is 9.47 Å². The molecule has 5 nitrogen and oxygen atoms in total. The quantitative estimate of drug-likeness (QED) is 0.659. The van der Waals surface area contributed by atoms with Gasteiger partial charge in [0.05, 0.1) is 14.2 Å². The molecule has 2 aromatic rings. The molecule has 1 aromatic heterocycles. The van der Waals surface area contributed by atoms with E-state index < -0.39 is 0 Å². The maximum absolute atomic E-state index is 12.4. The van der Waals surface area contributed by atoms with E-state index in [-0.39, 0.29) is 5.91 Å². The lowest BCUT2D eigenvalue weighted by molar-refractivity contribution is -0.121. The number of hydrogen-bond donors (Lipinski definition) is 1. The Bertz CT molecular complexity index is 805. The summed E-state index contributed by atoms with van der Waals surface area (Å²) in [6, 6.07) is 10.1. The summed E-state index contributed by atoms with van der Waals surface area (Å²) in [5.41, 5.74) is 0.955. The van der Waals surface area contributed by atoms with E-state index in [1.165, 1.54) is 22.6 Å². The Hall–Kier alpha value is -2.05. The molecule has 1 aliphatic heterocycles. The van der Waals surface area contributed by atoms with Crippen LogP contribution in [0.4, 0.5) is 0 Å². The van der Waals surface area contributed by atoms with Crippen LogP contribution in [0.1, 0.15) is 41.0 Å². The van der Waals surface area contributed by atoms with Crippen LogP contribution in [0.3, 0.4) is 0 Å². The molecule has 1 fully saturated rings. The number of carbonyl (C=O) groups is 1. The van der Waals surface area contributed by atoms with Gasteiger partial charge in [-0.25, -0.2) is 0 Å². The third-order valence-corrected chi connectivity index (χ3v) is 6.51. The molecule has 3 rings (SSSR count). The fraction of sp³-hybridized carbons (Fsp3) is 0.522. The summed E-state index contributed by atoms with van der Waals surface area (Å²) in [7, 11) is 3.26. The Kier molecular flexibility index (Phi) is 7.95. The van der Waals surface area contributed by atoms with Crippen LogP contribution in [0, 0.1) is 12.8 Å². The van der Waals surface area contributed by atoms with Gasteiger partial charge in [-0.15, -0.1) is 11.3 Å². The third-order valence-electron chi connectivity index (χ3n) is 5.53. The summed E-state index contributed by atoms with van der Waals surface area (Å²) in [4.78, 5) is 17.7. The lowest BCUT2D eigenvalue weighted by Gasteiger charge is -2.32. The Morgan fingerprint density at radius 3 is 2.83 bits per heavy atom. The minimum atomic E-state index is 0.105. The Balaban J connectivity index is 1.42. The average Bonchev–Trinajstić information content (AvgIpc) is 3.15. The van der Waals surface area contributed by atoms with E-state index in [9.17, 15) is 4.79 Å². The molecule has 1 N–H and O–H groups in total. The molecular weight excluding hydrogens is 384 g/mol. The zero-order chi connectivity index (χ0) is 20.6. The number of aryl methyl sites for hydroxylation is 1. The fourth-order valence-corrected chi connectivity index (χ4v) is 4.87. The average molecular weight is 417 g/mol. The molecule has 0 bridgehead atoms. The summed E-state index contributed by atoms with van der Waals surface area (Å²) < 4.78 is 10.6. The first-order valence-electron chi connectivity index (χ1n) is 10.3. The number of carbonyl (C=O) groups excluding carboxylic acids is 1. The Labute approximate surface area is 178 Å². The molecule has 2 heterocycles. The van der Waals surface area contributed by atoms with Crippen molar-refractivity contribution in [2.75, 3.05) is 27.3 Å². The van der Waals surface area contributed by atoms with E-state index >= 15 is 0 Å². The molecule has 0 saturated carbocycles.